The van der Waals surface area contributed by atoms with E-state index in [0.29, 0.717) is 37.4 Å². The number of halogens is 1. The maximum atomic E-state index is 13.4. The minimum absolute atomic E-state index is 0.105. The summed E-state index contributed by atoms with van der Waals surface area (Å²) in [6.07, 6.45) is 1.15. The summed E-state index contributed by atoms with van der Waals surface area (Å²) in [6, 6.07) is 17.0. The number of rotatable bonds is 4. The molecule has 7 nitrogen and oxygen atoms in total. The zero-order chi connectivity index (χ0) is 24.3. The predicted octanol–water partition coefficient (Wildman–Crippen LogP) is 5.19. The highest BCUT2D eigenvalue weighted by atomic mass is 19.1. The SMILES string of the molecule is CC(C)(C)c1cc(NC(=O)C2CCN(C(=O)Nc3ccccc3)CC2)n(-c2ccc(F)cc2)n1. The van der Waals surface area contributed by atoms with Crippen molar-refractivity contribution in [3.63, 3.8) is 0 Å². The number of aromatic nitrogens is 2. The number of carbonyl (C=O) groups excluding carboxylic acids is 2. The Kier molecular flexibility index (Phi) is 6.68. The largest absolute Gasteiger partial charge is 0.324 e. The molecule has 0 aliphatic carbocycles. The summed E-state index contributed by atoms with van der Waals surface area (Å²) in [4.78, 5) is 27.4. The van der Waals surface area contributed by atoms with E-state index < -0.39 is 0 Å². The van der Waals surface area contributed by atoms with Gasteiger partial charge in [-0.05, 0) is 49.2 Å². The molecule has 1 fully saturated rings. The highest BCUT2D eigenvalue weighted by molar-refractivity contribution is 5.93. The zero-order valence-electron chi connectivity index (χ0n) is 19.7. The van der Waals surface area contributed by atoms with Crippen LogP contribution in [0.1, 0.15) is 39.3 Å². The second-order valence-electron chi connectivity index (χ2n) is 9.60. The number of nitrogens with zero attached hydrogens (tertiary/aromatic N) is 3. The second kappa shape index (κ2) is 9.67. The summed E-state index contributed by atoms with van der Waals surface area (Å²) < 4.78 is 15.1. The van der Waals surface area contributed by atoms with E-state index in [9.17, 15) is 14.0 Å². The van der Waals surface area contributed by atoms with E-state index in [2.05, 4.69) is 15.7 Å². The number of hydrogen-bond acceptors (Lipinski definition) is 3. The molecule has 2 aromatic carbocycles. The number of carbonyl (C=O) groups is 2. The molecule has 178 valence electrons. The minimum Gasteiger partial charge on any atom is -0.324 e. The van der Waals surface area contributed by atoms with Crippen LogP contribution in [-0.2, 0) is 10.2 Å². The maximum absolute atomic E-state index is 13.4. The zero-order valence-corrected chi connectivity index (χ0v) is 19.7. The summed E-state index contributed by atoms with van der Waals surface area (Å²) in [5.74, 6) is -0.103. The van der Waals surface area contributed by atoms with Gasteiger partial charge < -0.3 is 15.5 Å². The van der Waals surface area contributed by atoms with Crippen LogP contribution in [0.4, 0.5) is 20.7 Å². The first-order valence-corrected chi connectivity index (χ1v) is 11.5. The van der Waals surface area contributed by atoms with Crippen molar-refractivity contribution in [1.29, 1.82) is 0 Å². The Labute approximate surface area is 199 Å². The predicted molar refractivity (Wildman–Crippen MR) is 131 cm³/mol. The standard InChI is InChI=1S/C26H30FN5O2/c1-26(2,3)22-17-23(32(30-22)21-11-9-19(27)10-12-21)29-24(33)18-13-15-31(16-14-18)25(34)28-20-7-5-4-6-8-20/h4-12,17-18H,13-16H2,1-3H3,(H,28,34)(H,29,33). The van der Waals surface area contributed by atoms with E-state index in [4.69, 9.17) is 0 Å². The third-order valence-electron chi connectivity index (χ3n) is 5.98. The van der Waals surface area contributed by atoms with Gasteiger partial charge in [0.2, 0.25) is 5.91 Å². The Bertz CT molecular complexity index is 1140. The Morgan fingerprint density at radius 2 is 1.62 bits per heavy atom. The van der Waals surface area contributed by atoms with Crippen molar-refractivity contribution in [2.45, 2.75) is 39.0 Å². The van der Waals surface area contributed by atoms with Crippen LogP contribution in [0.15, 0.2) is 60.7 Å². The average Bonchev–Trinajstić information content (AvgIpc) is 3.24. The Hall–Kier alpha value is -3.68. The molecule has 34 heavy (non-hydrogen) atoms. The lowest BCUT2D eigenvalue weighted by Crippen LogP contribution is -2.43. The molecule has 0 spiro atoms. The topological polar surface area (TPSA) is 79.3 Å². The summed E-state index contributed by atoms with van der Waals surface area (Å²) in [7, 11) is 0. The summed E-state index contributed by atoms with van der Waals surface area (Å²) in [5, 5.41) is 10.6. The van der Waals surface area contributed by atoms with Gasteiger partial charge in [0.05, 0.1) is 11.4 Å². The van der Waals surface area contributed by atoms with E-state index in [-0.39, 0.29) is 29.1 Å². The van der Waals surface area contributed by atoms with Crippen LogP contribution >= 0.6 is 0 Å². The average molecular weight is 464 g/mol. The number of anilines is 2. The summed E-state index contributed by atoms with van der Waals surface area (Å²) in [5.41, 5.74) is 2.01. The molecule has 3 aromatic rings. The highest BCUT2D eigenvalue weighted by Crippen LogP contribution is 2.28. The molecule has 0 bridgehead atoms. The fourth-order valence-corrected chi connectivity index (χ4v) is 3.91. The van der Waals surface area contributed by atoms with Crippen LogP contribution in [0.3, 0.4) is 0 Å². The van der Waals surface area contributed by atoms with Gasteiger partial charge in [-0.1, -0.05) is 39.0 Å². The number of hydrogen-bond donors (Lipinski definition) is 2. The van der Waals surface area contributed by atoms with Crippen LogP contribution in [-0.4, -0.2) is 39.7 Å². The molecule has 2 heterocycles. The van der Waals surface area contributed by atoms with E-state index in [0.717, 1.165) is 11.4 Å². The molecule has 1 aliphatic rings. The molecule has 1 aliphatic heterocycles. The Balaban J connectivity index is 1.42. The number of amides is 3. The third-order valence-corrected chi connectivity index (χ3v) is 5.98. The fourth-order valence-electron chi connectivity index (χ4n) is 3.91. The van der Waals surface area contributed by atoms with Crippen LogP contribution in [0.5, 0.6) is 0 Å². The van der Waals surface area contributed by atoms with Gasteiger partial charge in [-0.15, -0.1) is 0 Å². The van der Waals surface area contributed by atoms with Gasteiger partial charge in [-0.2, -0.15) is 5.10 Å². The van der Waals surface area contributed by atoms with Crippen molar-refractivity contribution in [1.82, 2.24) is 14.7 Å². The molecule has 0 radical (unpaired) electrons. The van der Waals surface area contributed by atoms with Gasteiger partial charge in [0, 0.05) is 36.2 Å². The van der Waals surface area contributed by atoms with Crippen LogP contribution < -0.4 is 10.6 Å². The molecule has 3 amide bonds. The van der Waals surface area contributed by atoms with Crippen molar-refractivity contribution in [2.24, 2.45) is 5.92 Å². The van der Waals surface area contributed by atoms with Gasteiger partial charge in [-0.3, -0.25) is 4.79 Å². The Morgan fingerprint density at radius 3 is 2.24 bits per heavy atom. The molecule has 0 atom stereocenters. The number of likely N-dealkylation sites (tertiary alicyclic amines) is 1. The first kappa shape index (κ1) is 23.5. The molecule has 0 unspecified atom stereocenters. The summed E-state index contributed by atoms with van der Waals surface area (Å²) in [6.45, 7) is 7.15. The minimum atomic E-state index is -0.333. The van der Waals surface area contributed by atoms with E-state index in [1.165, 1.54) is 12.1 Å². The van der Waals surface area contributed by atoms with Crippen molar-refractivity contribution in [3.8, 4) is 5.69 Å². The molecule has 1 saturated heterocycles. The van der Waals surface area contributed by atoms with E-state index >= 15 is 0 Å². The number of benzene rings is 2. The highest BCUT2D eigenvalue weighted by Gasteiger charge is 2.29. The number of nitrogens with one attached hydrogen (secondary N) is 2. The van der Waals surface area contributed by atoms with Crippen molar-refractivity contribution < 1.29 is 14.0 Å². The normalized spacial score (nSPS) is 14.6. The maximum Gasteiger partial charge on any atom is 0.321 e. The van der Waals surface area contributed by atoms with Crippen LogP contribution in [0.25, 0.3) is 5.69 Å². The second-order valence-corrected chi connectivity index (χ2v) is 9.60. The monoisotopic (exact) mass is 463 g/mol. The molecular formula is C26H30FN5O2. The molecule has 2 N–H and O–H groups in total. The van der Waals surface area contributed by atoms with Gasteiger partial charge in [0.15, 0.2) is 0 Å². The van der Waals surface area contributed by atoms with Gasteiger partial charge in [0.25, 0.3) is 0 Å². The van der Waals surface area contributed by atoms with Crippen molar-refractivity contribution in [2.75, 3.05) is 23.7 Å². The smallest absolute Gasteiger partial charge is 0.321 e. The molecular weight excluding hydrogens is 433 g/mol. The third kappa shape index (κ3) is 5.44. The first-order chi connectivity index (χ1) is 16.2. The van der Waals surface area contributed by atoms with Gasteiger partial charge in [-0.25, -0.2) is 13.9 Å². The van der Waals surface area contributed by atoms with E-state index in [1.807, 2.05) is 57.2 Å². The van der Waals surface area contributed by atoms with Crippen molar-refractivity contribution >= 4 is 23.4 Å². The van der Waals surface area contributed by atoms with Crippen LogP contribution in [0, 0.1) is 11.7 Å². The molecule has 8 heteroatoms. The summed E-state index contributed by atoms with van der Waals surface area (Å²) >= 11 is 0. The number of piperidine rings is 1. The van der Waals surface area contributed by atoms with Crippen molar-refractivity contribution in [3.05, 3.63) is 72.2 Å². The number of para-hydroxylation sites is 1. The molecule has 0 saturated carbocycles. The molecule has 1 aromatic heterocycles. The number of urea groups is 1. The first-order valence-electron chi connectivity index (χ1n) is 11.5. The lowest BCUT2D eigenvalue weighted by atomic mass is 9.92. The fraction of sp³-hybridized carbons (Fsp3) is 0.346. The Morgan fingerprint density at radius 1 is 0.971 bits per heavy atom. The van der Waals surface area contributed by atoms with Gasteiger partial charge in [0.1, 0.15) is 11.6 Å². The van der Waals surface area contributed by atoms with Gasteiger partial charge >= 0.3 is 6.03 Å². The lowest BCUT2D eigenvalue weighted by Gasteiger charge is -2.31. The van der Waals surface area contributed by atoms with E-state index in [1.54, 1.807) is 21.7 Å². The lowest BCUT2D eigenvalue weighted by molar-refractivity contribution is -0.121. The molecule has 4 rings (SSSR count). The van der Waals surface area contributed by atoms with Crippen LogP contribution in [0.2, 0.25) is 0 Å². The quantitative estimate of drug-likeness (QED) is 0.559.